The first-order valence-corrected chi connectivity index (χ1v) is 9.23. The molecule has 0 bridgehead atoms. The minimum Gasteiger partial charge on any atom is -0.497 e. The second kappa shape index (κ2) is 8.54. The quantitative estimate of drug-likeness (QED) is 0.428. The summed E-state index contributed by atoms with van der Waals surface area (Å²) in [5, 5.41) is 10.0. The SMILES string of the molecule is C=CC(=O)Nc1ccc(F)c(Oc2nc(Nc3ccc(OC)cc3)nn3cccc23)c1. The van der Waals surface area contributed by atoms with Crippen LogP contribution in [0.2, 0.25) is 0 Å². The van der Waals surface area contributed by atoms with E-state index < -0.39 is 11.7 Å². The van der Waals surface area contributed by atoms with Crippen molar-refractivity contribution in [2.45, 2.75) is 0 Å². The van der Waals surface area contributed by atoms with Gasteiger partial charge in [-0.25, -0.2) is 8.91 Å². The smallest absolute Gasteiger partial charge is 0.248 e. The molecule has 0 radical (unpaired) electrons. The van der Waals surface area contributed by atoms with E-state index in [0.717, 1.165) is 17.5 Å². The normalized spacial score (nSPS) is 10.5. The number of anilines is 3. The number of methoxy groups -OCH3 is 1. The Labute approximate surface area is 176 Å². The lowest BCUT2D eigenvalue weighted by Crippen LogP contribution is -2.08. The highest BCUT2D eigenvalue weighted by Gasteiger charge is 2.14. The van der Waals surface area contributed by atoms with Gasteiger partial charge in [-0.15, -0.1) is 5.10 Å². The number of carbonyl (C=O) groups excluding carboxylic acids is 1. The summed E-state index contributed by atoms with van der Waals surface area (Å²) in [6.07, 6.45) is 2.84. The van der Waals surface area contributed by atoms with Crippen LogP contribution in [0.25, 0.3) is 5.52 Å². The Hall–Kier alpha value is -4.40. The van der Waals surface area contributed by atoms with Crippen LogP contribution in [0.1, 0.15) is 0 Å². The number of amides is 1. The van der Waals surface area contributed by atoms with Crippen molar-refractivity contribution in [2.75, 3.05) is 17.7 Å². The largest absolute Gasteiger partial charge is 0.497 e. The number of halogens is 1. The summed E-state index contributed by atoms with van der Waals surface area (Å²) >= 11 is 0. The van der Waals surface area contributed by atoms with Crippen molar-refractivity contribution in [3.8, 4) is 17.4 Å². The molecule has 0 saturated heterocycles. The molecule has 0 aliphatic rings. The number of nitrogens with zero attached hydrogens (tertiary/aromatic N) is 3. The van der Waals surface area contributed by atoms with Crippen LogP contribution in [0.5, 0.6) is 17.4 Å². The zero-order chi connectivity index (χ0) is 21.8. The van der Waals surface area contributed by atoms with Gasteiger partial charge in [0.25, 0.3) is 0 Å². The molecule has 9 heteroatoms. The molecule has 2 aromatic carbocycles. The first-order valence-electron chi connectivity index (χ1n) is 9.23. The summed E-state index contributed by atoms with van der Waals surface area (Å²) in [4.78, 5) is 15.9. The van der Waals surface area contributed by atoms with Gasteiger partial charge in [-0.2, -0.15) is 4.98 Å². The van der Waals surface area contributed by atoms with Crippen molar-refractivity contribution in [1.82, 2.24) is 14.6 Å². The zero-order valence-corrected chi connectivity index (χ0v) is 16.5. The number of benzene rings is 2. The van der Waals surface area contributed by atoms with E-state index in [2.05, 4.69) is 27.3 Å². The predicted octanol–water partition coefficient (Wildman–Crippen LogP) is 4.54. The fraction of sp³-hybridized carbons (Fsp3) is 0.0455. The molecule has 0 aliphatic heterocycles. The third kappa shape index (κ3) is 4.45. The van der Waals surface area contributed by atoms with Crippen molar-refractivity contribution in [3.05, 3.63) is 79.3 Å². The van der Waals surface area contributed by atoms with E-state index in [9.17, 15) is 9.18 Å². The minimum atomic E-state index is -0.607. The Morgan fingerprint density at radius 1 is 1.16 bits per heavy atom. The second-order valence-electron chi connectivity index (χ2n) is 6.37. The maximum atomic E-state index is 14.4. The van der Waals surface area contributed by atoms with Crippen molar-refractivity contribution in [2.24, 2.45) is 0 Å². The summed E-state index contributed by atoms with van der Waals surface area (Å²) in [6, 6.07) is 14.7. The fourth-order valence-corrected chi connectivity index (χ4v) is 2.80. The van der Waals surface area contributed by atoms with Crippen LogP contribution in [0.15, 0.2) is 73.4 Å². The molecule has 4 aromatic rings. The van der Waals surface area contributed by atoms with Crippen molar-refractivity contribution < 1.29 is 18.7 Å². The summed E-state index contributed by atoms with van der Waals surface area (Å²) in [5.74, 6) is -0.0130. The molecule has 31 heavy (non-hydrogen) atoms. The zero-order valence-electron chi connectivity index (χ0n) is 16.5. The van der Waals surface area contributed by atoms with Gasteiger partial charge >= 0.3 is 0 Å². The highest BCUT2D eigenvalue weighted by Crippen LogP contribution is 2.30. The minimum absolute atomic E-state index is 0.0981. The lowest BCUT2D eigenvalue weighted by molar-refractivity contribution is -0.111. The molecule has 0 saturated carbocycles. The molecular formula is C22H18FN5O3. The third-order valence-corrected chi connectivity index (χ3v) is 4.29. The van der Waals surface area contributed by atoms with E-state index in [4.69, 9.17) is 9.47 Å². The van der Waals surface area contributed by atoms with Crippen molar-refractivity contribution in [3.63, 3.8) is 0 Å². The standard InChI is InChI=1S/C22H18FN5O3/c1-3-20(29)24-15-8-11-17(23)19(13-15)31-21-18-5-4-12-28(18)27-22(26-21)25-14-6-9-16(30-2)10-7-14/h3-13H,1H2,2H3,(H,24,29)(H,25,27). The average Bonchev–Trinajstić information content (AvgIpc) is 3.25. The summed E-state index contributed by atoms with van der Waals surface area (Å²) < 4.78 is 26.9. The molecule has 2 heterocycles. The van der Waals surface area contributed by atoms with Crippen molar-refractivity contribution >= 4 is 28.7 Å². The molecule has 0 unspecified atom stereocenters. The van der Waals surface area contributed by atoms with E-state index in [1.165, 1.54) is 18.2 Å². The van der Waals surface area contributed by atoms with Gasteiger partial charge in [0.1, 0.15) is 11.3 Å². The molecule has 0 fully saturated rings. The number of aromatic nitrogens is 3. The Morgan fingerprint density at radius 3 is 2.68 bits per heavy atom. The van der Waals surface area contributed by atoms with E-state index >= 15 is 0 Å². The van der Waals surface area contributed by atoms with Crippen LogP contribution in [0.4, 0.5) is 21.7 Å². The van der Waals surface area contributed by atoms with Crippen LogP contribution in [-0.4, -0.2) is 27.6 Å². The van der Waals surface area contributed by atoms with Gasteiger partial charge in [0.05, 0.1) is 7.11 Å². The predicted molar refractivity (Wildman–Crippen MR) is 115 cm³/mol. The number of hydrogen-bond donors (Lipinski definition) is 2. The highest BCUT2D eigenvalue weighted by molar-refractivity contribution is 5.98. The van der Waals surface area contributed by atoms with Crippen LogP contribution in [0.3, 0.4) is 0 Å². The lowest BCUT2D eigenvalue weighted by Gasteiger charge is -2.12. The summed E-state index contributed by atoms with van der Waals surface area (Å²) in [5.41, 5.74) is 1.64. The highest BCUT2D eigenvalue weighted by atomic mass is 19.1. The molecule has 4 rings (SSSR count). The molecule has 156 valence electrons. The van der Waals surface area contributed by atoms with Gasteiger partial charge in [0.15, 0.2) is 11.6 Å². The molecule has 2 N–H and O–H groups in total. The van der Waals surface area contributed by atoms with Crippen LogP contribution in [0, 0.1) is 5.82 Å². The maximum Gasteiger partial charge on any atom is 0.248 e. The van der Waals surface area contributed by atoms with E-state index in [0.29, 0.717) is 11.2 Å². The van der Waals surface area contributed by atoms with Crippen LogP contribution >= 0.6 is 0 Å². The van der Waals surface area contributed by atoms with Crippen LogP contribution < -0.4 is 20.1 Å². The van der Waals surface area contributed by atoms with Gasteiger partial charge in [-0.3, -0.25) is 4.79 Å². The number of fused-ring (bicyclic) bond motifs is 1. The number of nitrogens with one attached hydrogen (secondary N) is 2. The van der Waals surface area contributed by atoms with Crippen molar-refractivity contribution in [1.29, 1.82) is 0 Å². The van der Waals surface area contributed by atoms with Gasteiger partial charge in [0, 0.05) is 23.6 Å². The number of rotatable bonds is 7. The fourth-order valence-electron chi connectivity index (χ4n) is 2.80. The first-order chi connectivity index (χ1) is 15.1. The van der Waals surface area contributed by atoms with Gasteiger partial charge in [-0.05, 0) is 54.6 Å². The number of ether oxygens (including phenoxy) is 2. The number of carbonyl (C=O) groups is 1. The topological polar surface area (TPSA) is 89.8 Å². The Kier molecular flexibility index (Phi) is 5.48. The molecule has 1 amide bonds. The second-order valence-corrected chi connectivity index (χ2v) is 6.37. The summed E-state index contributed by atoms with van der Waals surface area (Å²) in [7, 11) is 1.59. The Balaban J connectivity index is 1.66. The van der Waals surface area contributed by atoms with Gasteiger partial charge in [0.2, 0.25) is 17.7 Å². The van der Waals surface area contributed by atoms with Gasteiger partial charge in [-0.1, -0.05) is 6.58 Å². The molecule has 0 aliphatic carbocycles. The van der Waals surface area contributed by atoms with E-state index in [-0.39, 0.29) is 17.6 Å². The van der Waals surface area contributed by atoms with E-state index in [1.54, 1.807) is 42.1 Å². The molecule has 0 atom stereocenters. The Bertz CT molecular complexity index is 1250. The Morgan fingerprint density at radius 2 is 1.94 bits per heavy atom. The number of hydrogen-bond acceptors (Lipinski definition) is 6. The first kappa shape index (κ1) is 19.9. The lowest BCUT2D eigenvalue weighted by atomic mass is 10.3. The third-order valence-electron chi connectivity index (χ3n) is 4.29. The molecular weight excluding hydrogens is 401 g/mol. The maximum absolute atomic E-state index is 14.4. The molecule has 2 aromatic heterocycles. The van der Waals surface area contributed by atoms with E-state index in [1.807, 2.05) is 12.1 Å². The molecule has 0 spiro atoms. The monoisotopic (exact) mass is 419 g/mol. The van der Waals surface area contributed by atoms with Crippen LogP contribution in [-0.2, 0) is 4.79 Å². The van der Waals surface area contributed by atoms with Gasteiger partial charge < -0.3 is 20.1 Å². The molecule has 8 nitrogen and oxygen atoms in total. The average molecular weight is 419 g/mol. The summed E-state index contributed by atoms with van der Waals surface area (Å²) in [6.45, 7) is 3.40.